The van der Waals surface area contributed by atoms with Gasteiger partial charge in [-0.25, -0.2) is 9.07 Å². The number of nitrogens with one attached hydrogen (secondary N) is 1. The summed E-state index contributed by atoms with van der Waals surface area (Å²) >= 11 is 0. The number of methoxy groups -OCH3 is 1. The number of benzene rings is 3. The van der Waals surface area contributed by atoms with Gasteiger partial charge in [-0.3, -0.25) is 9.69 Å². The van der Waals surface area contributed by atoms with Crippen LogP contribution in [0.3, 0.4) is 0 Å². The highest BCUT2D eigenvalue weighted by molar-refractivity contribution is 5.80. The Hall–Kier alpha value is -4.37. The van der Waals surface area contributed by atoms with Crippen molar-refractivity contribution in [2.45, 2.75) is 39.0 Å². The van der Waals surface area contributed by atoms with Crippen molar-refractivity contribution in [1.82, 2.24) is 30.1 Å². The number of nitrogens with zero attached hydrogens (tertiary/aromatic N) is 5. The number of ether oxygens (including phenoxy) is 1. The van der Waals surface area contributed by atoms with Gasteiger partial charge in [0.15, 0.2) is 5.82 Å². The predicted octanol–water partition coefficient (Wildman–Crippen LogP) is 4.86. The number of rotatable bonds is 10. The third-order valence-electron chi connectivity index (χ3n) is 6.66. The quantitative estimate of drug-likeness (QED) is 0.287. The van der Waals surface area contributed by atoms with Crippen LogP contribution in [0.4, 0.5) is 4.39 Å². The molecule has 1 unspecified atom stereocenters. The fourth-order valence-corrected chi connectivity index (χ4v) is 4.72. The second kappa shape index (κ2) is 11.4. The van der Waals surface area contributed by atoms with E-state index in [0.717, 1.165) is 34.2 Å². The molecule has 0 aliphatic carbocycles. The van der Waals surface area contributed by atoms with Gasteiger partial charge < -0.3 is 9.72 Å². The SMILES string of the molecule is CCC(c1nnnn1Cc1ccc(F)cc1)N(Cc1ccccc1)Cc1cc2cc(OC)ccc2[nH]c1=O. The zero-order valence-electron chi connectivity index (χ0n) is 21.3. The predicted molar refractivity (Wildman–Crippen MR) is 143 cm³/mol. The summed E-state index contributed by atoms with van der Waals surface area (Å²) in [7, 11) is 1.62. The molecule has 0 radical (unpaired) electrons. The number of tetrazole rings is 1. The van der Waals surface area contributed by atoms with Crippen LogP contribution in [-0.2, 0) is 19.6 Å². The van der Waals surface area contributed by atoms with Crippen molar-refractivity contribution in [3.8, 4) is 5.75 Å². The largest absolute Gasteiger partial charge is 0.497 e. The average Bonchev–Trinajstić information content (AvgIpc) is 3.38. The molecule has 5 rings (SSSR count). The average molecular weight is 513 g/mol. The van der Waals surface area contributed by atoms with Gasteiger partial charge in [0.05, 0.1) is 19.7 Å². The summed E-state index contributed by atoms with van der Waals surface area (Å²) in [4.78, 5) is 18.3. The molecule has 1 N–H and O–H groups in total. The normalized spacial score (nSPS) is 12.2. The minimum Gasteiger partial charge on any atom is -0.497 e. The van der Waals surface area contributed by atoms with E-state index >= 15 is 0 Å². The van der Waals surface area contributed by atoms with Crippen molar-refractivity contribution < 1.29 is 9.13 Å². The molecular weight excluding hydrogens is 483 g/mol. The molecule has 2 aromatic heterocycles. The molecule has 9 heteroatoms. The number of hydrogen-bond acceptors (Lipinski definition) is 6. The van der Waals surface area contributed by atoms with Crippen molar-refractivity contribution >= 4 is 10.9 Å². The summed E-state index contributed by atoms with van der Waals surface area (Å²) in [6, 6.07) is 23.8. The molecule has 0 aliphatic rings. The molecule has 1 atom stereocenters. The minimum atomic E-state index is -0.288. The third kappa shape index (κ3) is 5.63. The first-order valence-electron chi connectivity index (χ1n) is 12.5. The lowest BCUT2D eigenvalue weighted by atomic mass is 10.1. The Kier molecular flexibility index (Phi) is 7.55. The molecule has 38 heavy (non-hydrogen) atoms. The second-order valence-electron chi connectivity index (χ2n) is 9.21. The fraction of sp³-hybridized carbons (Fsp3) is 0.241. The Balaban J connectivity index is 1.51. The molecular formula is C29H29FN6O2. The smallest absolute Gasteiger partial charge is 0.252 e. The van der Waals surface area contributed by atoms with Gasteiger partial charge in [0.25, 0.3) is 5.56 Å². The van der Waals surface area contributed by atoms with Crippen LogP contribution >= 0.6 is 0 Å². The van der Waals surface area contributed by atoms with Gasteiger partial charge in [-0.15, -0.1) is 5.10 Å². The minimum absolute atomic E-state index is 0.138. The molecule has 0 saturated heterocycles. The van der Waals surface area contributed by atoms with E-state index in [4.69, 9.17) is 4.74 Å². The summed E-state index contributed by atoms with van der Waals surface area (Å²) in [6.45, 7) is 3.47. The molecule has 0 saturated carbocycles. The van der Waals surface area contributed by atoms with Gasteiger partial charge in [-0.2, -0.15) is 0 Å². The van der Waals surface area contributed by atoms with E-state index in [1.165, 1.54) is 12.1 Å². The maximum Gasteiger partial charge on any atom is 0.252 e. The Morgan fingerprint density at radius 3 is 2.53 bits per heavy atom. The Labute approximate surface area is 219 Å². The number of H-pyrrole nitrogens is 1. The van der Waals surface area contributed by atoms with Crippen molar-refractivity contribution in [3.05, 3.63) is 118 Å². The summed E-state index contributed by atoms with van der Waals surface area (Å²) in [5.74, 6) is 1.12. The van der Waals surface area contributed by atoms with Crippen LogP contribution in [0.1, 0.15) is 41.9 Å². The molecule has 5 aromatic rings. The zero-order valence-corrected chi connectivity index (χ0v) is 21.3. The van der Waals surface area contributed by atoms with Crippen LogP contribution in [0, 0.1) is 5.82 Å². The number of pyridine rings is 1. The maximum absolute atomic E-state index is 13.4. The van der Waals surface area contributed by atoms with E-state index in [0.29, 0.717) is 31.0 Å². The highest BCUT2D eigenvalue weighted by Crippen LogP contribution is 2.27. The molecule has 8 nitrogen and oxygen atoms in total. The van der Waals surface area contributed by atoms with Crippen LogP contribution in [0.25, 0.3) is 10.9 Å². The molecule has 0 amide bonds. The first-order valence-corrected chi connectivity index (χ1v) is 12.5. The third-order valence-corrected chi connectivity index (χ3v) is 6.66. The molecule has 0 aliphatic heterocycles. The molecule has 194 valence electrons. The van der Waals surface area contributed by atoms with Crippen molar-refractivity contribution in [2.24, 2.45) is 0 Å². The monoisotopic (exact) mass is 512 g/mol. The standard InChI is InChI=1S/C29H29FN6O2/c1-3-27(28-32-33-34-36(28)18-21-9-11-24(30)12-10-21)35(17-20-7-5-4-6-8-20)19-23-15-22-16-25(38-2)13-14-26(22)31-29(23)37/h4-16,27H,3,17-19H2,1-2H3,(H,31,37). The molecule has 0 bridgehead atoms. The zero-order chi connectivity index (χ0) is 26.5. The van der Waals surface area contributed by atoms with Crippen molar-refractivity contribution in [1.29, 1.82) is 0 Å². The van der Waals surface area contributed by atoms with Crippen molar-refractivity contribution in [2.75, 3.05) is 7.11 Å². The van der Waals surface area contributed by atoms with E-state index in [2.05, 4.69) is 44.5 Å². The van der Waals surface area contributed by atoms with Gasteiger partial charge in [0, 0.05) is 29.6 Å². The van der Waals surface area contributed by atoms with E-state index in [1.54, 1.807) is 23.9 Å². The Morgan fingerprint density at radius 1 is 1.00 bits per heavy atom. The second-order valence-corrected chi connectivity index (χ2v) is 9.21. The molecule has 0 spiro atoms. The highest BCUT2D eigenvalue weighted by Gasteiger charge is 2.26. The van der Waals surface area contributed by atoms with Gasteiger partial charge in [-0.1, -0.05) is 49.4 Å². The van der Waals surface area contributed by atoms with E-state index in [9.17, 15) is 9.18 Å². The van der Waals surface area contributed by atoms with Crippen LogP contribution < -0.4 is 10.3 Å². The lowest BCUT2D eigenvalue weighted by Gasteiger charge is -2.30. The topological polar surface area (TPSA) is 88.9 Å². The Bertz CT molecular complexity index is 1570. The lowest BCUT2D eigenvalue weighted by Crippen LogP contribution is -2.32. The van der Waals surface area contributed by atoms with Gasteiger partial charge in [0.1, 0.15) is 11.6 Å². The van der Waals surface area contributed by atoms with E-state index < -0.39 is 0 Å². The van der Waals surface area contributed by atoms with Crippen LogP contribution in [0.2, 0.25) is 0 Å². The summed E-state index contributed by atoms with van der Waals surface area (Å²) < 4.78 is 20.6. The number of hydrogen-bond donors (Lipinski definition) is 1. The van der Waals surface area contributed by atoms with Crippen molar-refractivity contribution in [3.63, 3.8) is 0 Å². The van der Waals surface area contributed by atoms with Gasteiger partial charge in [0.2, 0.25) is 0 Å². The summed E-state index contributed by atoms with van der Waals surface area (Å²) in [5.41, 5.74) is 3.26. The number of halogens is 1. The molecule has 0 fully saturated rings. The number of aromatic nitrogens is 5. The van der Waals surface area contributed by atoms with Gasteiger partial charge in [-0.05, 0) is 64.4 Å². The fourth-order valence-electron chi connectivity index (χ4n) is 4.72. The first kappa shape index (κ1) is 25.3. The highest BCUT2D eigenvalue weighted by atomic mass is 19.1. The lowest BCUT2D eigenvalue weighted by molar-refractivity contribution is 0.161. The van der Waals surface area contributed by atoms with Gasteiger partial charge >= 0.3 is 0 Å². The molecule has 2 heterocycles. The molecule has 3 aromatic carbocycles. The Morgan fingerprint density at radius 2 is 1.79 bits per heavy atom. The number of fused-ring (bicyclic) bond motifs is 1. The first-order chi connectivity index (χ1) is 18.5. The summed E-state index contributed by atoms with van der Waals surface area (Å²) in [5, 5.41) is 13.5. The number of aromatic amines is 1. The van der Waals surface area contributed by atoms with Crippen LogP contribution in [0.5, 0.6) is 5.75 Å². The van der Waals surface area contributed by atoms with E-state index in [-0.39, 0.29) is 17.4 Å². The maximum atomic E-state index is 13.4. The summed E-state index contributed by atoms with van der Waals surface area (Å²) in [6.07, 6.45) is 0.718. The van der Waals surface area contributed by atoms with Crippen LogP contribution in [-0.4, -0.2) is 37.2 Å². The van der Waals surface area contributed by atoms with E-state index in [1.807, 2.05) is 42.5 Å². The van der Waals surface area contributed by atoms with Crippen LogP contribution in [0.15, 0.2) is 83.7 Å².